The Bertz CT molecular complexity index is 599. The largest absolute Gasteiger partial charge is 0.353 e. The third kappa shape index (κ3) is 3.12. The highest BCUT2D eigenvalue weighted by atomic mass is 16.2. The van der Waals surface area contributed by atoms with E-state index in [0.29, 0.717) is 11.6 Å². The molecule has 1 spiro atoms. The van der Waals surface area contributed by atoms with Crippen molar-refractivity contribution >= 4 is 11.8 Å². The smallest absolute Gasteiger partial charge is 0.257 e. The molecule has 2 amide bonds. The SMILES string of the molecule is CCn1cc(C(=O)N2CCC3(CC2)CC3NC(=O)C(C)C)cn1. The Hall–Kier alpha value is -1.85. The molecule has 1 saturated heterocycles. The van der Waals surface area contributed by atoms with E-state index in [1.807, 2.05) is 31.9 Å². The van der Waals surface area contributed by atoms with Gasteiger partial charge in [0.15, 0.2) is 0 Å². The van der Waals surface area contributed by atoms with Gasteiger partial charge in [-0.15, -0.1) is 0 Å². The van der Waals surface area contributed by atoms with Crippen LogP contribution in [0.1, 0.15) is 50.4 Å². The summed E-state index contributed by atoms with van der Waals surface area (Å²) in [7, 11) is 0. The maximum absolute atomic E-state index is 12.5. The van der Waals surface area contributed by atoms with Gasteiger partial charge < -0.3 is 10.2 Å². The molecule has 1 aromatic heterocycles. The molecule has 2 heterocycles. The first kappa shape index (κ1) is 16.0. The second-order valence-corrected chi connectivity index (χ2v) is 7.16. The van der Waals surface area contributed by atoms with Crippen molar-refractivity contribution in [2.45, 2.75) is 52.6 Å². The average Bonchev–Trinajstić information content (AvgIpc) is 3.00. The van der Waals surface area contributed by atoms with E-state index in [9.17, 15) is 9.59 Å². The first-order chi connectivity index (χ1) is 10.9. The summed E-state index contributed by atoms with van der Waals surface area (Å²) < 4.78 is 1.77. The van der Waals surface area contributed by atoms with Crippen molar-refractivity contribution in [2.75, 3.05) is 13.1 Å². The minimum Gasteiger partial charge on any atom is -0.353 e. The van der Waals surface area contributed by atoms with Crippen LogP contribution in [0.5, 0.6) is 0 Å². The standard InChI is InChI=1S/C17H26N4O2/c1-4-21-11-13(10-18-21)16(23)20-7-5-17(6-8-20)9-14(17)19-15(22)12(2)3/h10-12,14H,4-9H2,1-3H3,(H,19,22). The normalized spacial score (nSPS) is 22.4. The van der Waals surface area contributed by atoms with Gasteiger partial charge in [-0.05, 0) is 31.6 Å². The van der Waals surface area contributed by atoms with E-state index in [1.165, 1.54) is 0 Å². The quantitative estimate of drug-likeness (QED) is 0.918. The average molecular weight is 318 g/mol. The topological polar surface area (TPSA) is 67.2 Å². The van der Waals surface area contributed by atoms with E-state index in [4.69, 9.17) is 0 Å². The molecule has 0 bridgehead atoms. The predicted molar refractivity (Wildman–Crippen MR) is 86.9 cm³/mol. The van der Waals surface area contributed by atoms with E-state index < -0.39 is 0 Å². The molecule has 1 saturated carbocycles. The van der Waals surface area contributed by atoms with Crippen molar-refractivity contribution < 1.29 is 9.59 Å². The van der Waals surface area contributed by atoms with Crippen molar-refractivity contribution in [1.29, 1.82) is 0 Å². The van der Waals surface area contributed by atoms with Gasteiger partial charge in [0, 0.05) is 37.8 Å². The third-order valence-corrected chi connectivity index (χ3v) is 5.28. The van der Waals surface area contributed by atoms with E-state index in [-0.39, 0.29) is 23.1 Å². The van der Waals surface area contributed by atoms with Crippen LogP contribution in [0.3, 0.4) is 0 Å². The number of rotatable bonds is 4. The molecule has 0 aromatic carbocycles. The van der Waals surface area contributed by atoms with Gasteiger partial charge in [0.05, 0.1) is 11.8 Å². The number of aryl methyl sites for hydroxylation is 1. The van der Waals surface area contributed by atoms with Crippen molar-refractivity contribution in [3.63, 3.8) is 0 Å². The minimum atomic E-state index is 0.0319. The Labute approximate surface area is 137 Å². The van der Waals surface area contributed by atoms with Gasteiger partial charge in [-0.25, -0.2) is 0 Å². The fourth-order valence-electron chi connectivity index (χ4n) is 3.43. The monoisotopic (exact) mass is 318 g/mol. The molecule has 1 unspecified atom stereocenters. The van der Waals surface area contributed by atoms with Crippen molar-refractivity contribution in [2.24, 2.45) is 11.3 Å². The van der Waals surface area contributed by atoms with Crippen LogP contribution in [-0.4, -0.2) is 45.6 Å². The summed E-state index contributed by atoms with van der Waals surface area (Å²) in [5, 5.41) is 7.32. The highest BCUT2D eigenvalue weighted by Crippen LogP contribution is 2.54. The van der Waals surface area contributed by atoms with Crippen LogP contribution in [0.25, 0.3) is 0 Å². The molecule has 3 rings (SSSR count). The van der Waals surface area contributed by atoms with Gasteiger partial charge in [-0.1, -0.05) is 13.8 Å². The van der Waals surface area contributed by atoms with Gasteiger partial charge in [0.1, 0.15) is 0 Å². The molecule has 0 radical (unpaired) electrons. The molecule has 126 valence electrons. The number of carbonyl (C=O) groups is 2. The number of hydrogen-bond acceptors (Lipinski definition) is 3. The number of likely N-dealkylation sites (tertiary alicyclic amines) is 1. The summed E-state index contributed by atoms with van der Waals surface area (Å²) in [6.45, 7) is 8.15. The molecule has 6 nitrogen and oxygen atoms in total. The Morgan fingerprint density at radius 1 is 1.39 bits per heavy atom. The van der Waals surface area contributed by atoms with Crippen LogP contribution < -0.4 is 5.32 Å². The molecular weight excluding hydrogens is 292 g/mol. The summed E-state index contributed by atoms with van der Waals surface area (Å²) in [5.41, 5.74) is 0.901. The van der Waals surface area contributed by atoms with Gasteiger partial charge in [0.25, 0.3) is 5.91 Å². The lowest BCUT2D eigenvalue weighted by molar-refractivity contribution is -0.124. The summed E-state index contributed by atoms with van der Waals surface area (Å²) in [6.07, 6.45) is 6.48. The number of nitrogens with zero attached hydrogens (tertiary/aromatic N) is 3. The number of carbonyl (C=O) groups excluding carboxylic acids is 2. The maximum Gasteiger partial charge on any atom is 0.257 e. The van der Waals surface area contributed by atoms with Crippen LogP contribution in [-0.2, 0) is 11.3 Å². The number of aromatic nitrogens is 2. The van der Waals surface area contributed by atoms with Gasteiger partial charge >= 0.3 is 0 Å². The maximum atomic E-state index is 12.5. The van der Waals surface area contributed by atoms with Crippen LogP contribution in [0.2, 0.25) is 0 Å². The number of nitrogens with one attached hydrogen (secondary N) is 1. The molecule has 1 atom stereocenters. The highest BCUT2D eigenvalue weighted by molar-refractivity contribution is 5.93. The van der Waals surface area contributed by atoms with E-state index in [2.05, 4.69) is 10.4 Å². The second kappa shape index (κ2) is 5.98. The highest BCUT2D eigenvalue weighted by Gasteiger charge is 2.56. The lowest BCUT2D eigenvalue weighted by Gasteiger charge is -2.32. The summed E-state index contributed by atoms with van der Waals surface area (Å²) in [5.74, 6) is 0.241. The molecule has 1 aliphatic heterocycles. The Kier molecular flexibility index (Phi) is 4.17. The molecule has 1 N–H and O–H groups in total. The van der Waals surface area contributed by atoms with Crippen molar-refractivity contribution in [3.8, 4) is 0 Å². The Morgan fingerprint density at radius 2 is 2.09 bits per heavy atom. The molecule has 2 fully saturated rings. The second-order valence-electron chi connectivity index (χ2n) is 7.16. The molecule has 2 aliphatic rings. The summed E-state index contributed by atoms with van der Waals surface area (Å²) >= 11 is 0. The van der Waals surface area contributed by atoms with E-state index in [1.54, 1.807) is 10.9 Å². The summed E-state index contributed by atoms with van der Waals surface area (Å²) in [4.78, 5) is 26.3. The predicted octanol–water partition coefficient (Wildman–Crippen LogP) is 1.67. The molecule has 6 heteroatoms. The van der Waals surface area contributed by atoms with Crippen LogP contribution >= 0.6 is 0 Å². The Morgan fingerprint density at radius 3 is 2.65 bits per heavy atom. The van der Waals surface area contributed by atoms with Crippen molar-refractivity contribution in [1.82, 2.24) is 20.0 Å². The van der Waals surface area contributed by atoms with E-state index >= 15 is 0 Å². The zero-order chi connectivity index (χ0) is 16.6. The first-order valence-corrected chi connectivity index (χ1v) is 8.57. The van der Waals surface area contributed by atoms with Gasteiger partial charge in [0.2, 0.25) is 5.91 Å². The number of hydrogen-bond donors (Lipinski definition) is 1. The van der Waals surface area contributed by atoms with Gasteiger partial charge in [-0.2, -0.15) is 5.10 Å². The first-order valence-electron chi connectivity index (χ1n) is 8.57. The Balaban J connectivity index is 1.53. The zero-order valence-electron chi connectivity index (χ0n) is 14.2. The fourth-order valence-corrected chi connectivity index (χ4v) is 3.43. The van der Waals surface area contributed by atoms with Crippen molar-refractivity contribution in [3.05, 3.63) is 18.0 Å². The molecule has 1 aliphatic carbocycles. The summed E-state index contributed by atoms with van der Waals surface area (Å²) in [6, 6.07) is 0.303. The fraction of sp³-hybridized carbons (Fsp3) is 0.706. The van der Waals surface area contributed by atoms with Crippen LogP contribution in [0.4, 0.5) is 0 Å². The molecule has 23 heavy (non-hydrogen) atoms. The van der Waals surface area contributed by atoms with Crippen LogP contribution in [0.15, 0.2) is 12.4 Å². The van der Waals surface area contributed by atoms with Gasteiger partial charge in [-0.3, -0.25) is 14.3 Å². The van der Waals surface area contributed by atoms with Crippen LogP contribution in [0, 0.1) is 11.3 Å². The lowest BCUT2D eigenvalue weighted by Crippen LogP contribution is -2.42. The lowest BCUT2D eigenvalue weighted by atomic mass is 9.92. The van der Waals surface area contributed by atoms with E-state index in [0.717, 1.165) is 38.9 Å². The number of piperidine rings is 1. The minimum absolute atomic E-state index is 0.0319. The zero-order valence-corrected chi connectivity index (χ0v) is 14.2. The molecular formula is C17H26N4O2. The molecule has 1 aromatic rings. The number of amides is 2. The third-order valence-electron chi connectivity index (χ3n) is 5.28.